The number of hydrogen-bond donors (Lipinski definition) is 1. The highest BCUT2D eigenvalue weighted by molar-refractivity contribution is 5.96. The van der Waals surface area contributed by atoms with E-state index in [-0.39, 0.29) is 16.2 Å². The number of fused-ring (bicyclic) bond motifs is 9. The smallest absolute Gasteiger partial charge is 0.0679 e. The van der Waals surface area contributed by atoms with E-state index < -0.39 is 5.54 Å². The van der Waals surface area contributed by atoms with E-state index in [4.69, 9.17) is 5.73 Å². The van der Waals surface area contributed by atoms with E-state index >= 15 is 0 Å². The molecule has 0 saturated heterocycles. The number of allylic oxidation sites excluding steroid dienone is 4. The van der Waals surface area contributed by atoms with Crippen molar-refractivity contribution >= 4 is 39.7 Å². The maximum atomic E-state index is 7.89. The fourth-order valence-corrected chi connectivity index (χ4v) is 12.1. The molecule has 2 aliphatic heterocycles. The van der Waals surface area contributed by atoms with Crippen LogP contribution in [0.1, 0.15) is 106 Å². The third-order valence-corrected chi connectivity index (χ3v) is 15.5. The van der Waals surface area contributed by atoms with Crippen molar-refractivity contribution in [3.8, 4) is 22.3 Å². The van der Waals surface area contributed by atoms with Crippen LogP contribution < -0.4 is 15.5 Å². The zero-order chi connectivity index (χ0) is 42.5. The highest BCUT2D eigenvalue weighted by atomic mass is 15.2. The molecule has 0 saturated carbocycles. The highest BCUT2D eigenvalue weighted by Crippen LogP contribution is 2.61. The van der Waals surface area contributed by atoms with Crippen molar-refractivity contribution in [3.63, 3.8) is 0 Å². The zero-order valence-electron chi connectivity index (χ0n) is 36.9. The fraction of sp³-hybridized carbons (Fsp3) is 0.220. The van der Waals surface area contributed by atoms with Crippen molar-refractivity contribution < 1.29 is 0 Å². The van der Waals surface area contributed by atoms with Crippen LogP contribution in [0.3, 0.4) is 0 Å². The first-order chi connectivity index (χ1) is 29.8. The average Bonchev–Trinajstić information content (AvgIpc) is 3.65. The van der Waals surface area contributed by atoms with Gasteiger partial charge in [-0.25, -0.2) is 0 Å². The lowest BCUT2D eigenvalue weighted by molar-refractivity contribution is 0.576. The Labute approximate surface area is 366 Å². The SMILES string of the molecule is CC1(C)C2=C(CCC=C2)c2ccc(N(c3ccc4c(c3)C(C)(C)c3ccccc3-4)c3ccc4c(c3)C(C)(N)c3cc(-c5ccccc5)cc5c3N4c3ccccc3C5(C)C)cc21. The summed E-state index contributed by atoms with van der Waals surface area (Å²) in [5.41, 5.74) is 32.0. The van der Waals surface area contributed by atoms with Gasteiger partial charge in [0.2, 0.25) is 0 Å². The number of benzene rings is 7. The maximum absolute atomic E-state index is 7.89. The summed E-state index contributed by atoms with van der Waals surface area (Å²) in [6.07, 6.45) is 6.93. The van der Waals surface area contributed by atoms with Gasteiger partial charge in [-0.3, -0.25) is 0 Å². The van der Waals surface area contributed by atoms with Gasteiger partial charge in [-0.1, -0.05) is 139 Å². The van der Waals surface area contributed by atoms with Gasteiger partial charge in [0.1, 0.15) is 0 Å². The quantitative estimate of drug-likeness (QED) is 0.192. The van der Waals surface area contributed by atoms with Crippen LogP contribution in [-0.2, 0) is 21.8 Å². The van der Waals surface area contributed by atoms with Crippen LogP contribution in [0.15, 0.2) is 163 Å². The van der Waals surface area contributed by atoms with E-state index in [0.717, 1.165) is 46.7 Å². The fourth-order valence-electron chi connectivity index (χ4n) is 12.1. The Balaban J connectivity index is 1.09. The molecule has 0 aromatic heterocycles. The monoisotopic (exact) mass is 803 g/mol. The van der Waals surface area contributed by atoms with Gasteiger partial charge in [0.05, 0.1) is 22.6 Å². The van der Waals surface area contributed by atoms with Crippen molar-refractivity contribution in [2.45, 2.75) is 83.1 Å². The van der Waals surface area contributed by atoms with Crippen molar-refractivity contribution in [2.75, 3.05) is 9.80 Å². The molecule has 3 nitrogen and oxygen atoms in total. The van der Waals surface area contributed by atoms with Crippen LogP contribution in [0.2, 0.25) is 0 Å². The third-order valence-electron chi connectivity index (χ3n) is 15.5. The largest absolute Gasteiger partial charge is 0.318 e. The summed E-state index contributed by atoms with van der Waals surface area (Å²) in [6, 6.07) is 54.9. The van der Waals surface area contributed by atoms with Gasteiger partial charge in [0.15, 0.2) is 0 Å². The molecule has 304 valence electrons. The Hall–Kier alpha value is -6.42. The van der Waals surface area contributed by atoms with Gasteiger partial charge in [-0.15, -0.1) is 0 Å². The van der Waals surface area contributed by atoms with Crippen LogP contribution in [-0.4, -0.2) is 0 Å². The Kier molecular flexibility index (Phi) is 7.58. The lowest BCUT2D eigenvalue weighted by Gasteiger charge is -2.49. The molecule has 2 heterocycles. The zero-order valence-corrected chi connectivity index (χ0v) is 36.9. The number of hydrogen-bond acceptors (Lipinski definition) is 3. The predicted octanol–water partition coefficient (Wildman–Crippen LogP) is 15.2. The van der Waals surface area contributed by atoms with Gasteiger partial charge in [0, 0.05) is 44.4 Å². The summed E-state index contributed by atoms with van der Waals surface area (Å²) in [4.78, 5) is 5.00. The molecule has 0 amide bonds. The molecule has 12 rings (SSSR count). The molecule has 0 radical (unpaired) electrons. The standard InChI is InChI=1S/C59H53N3/c1-56(2)45-21-13-11-19-41(45)43-28-25-38(33-48(43)56)61(39-26-29-44-42-20-12-14-22-46(42)57(3,4)49(44)34-39)40-27-30-54-50(35-40)59(7,60)52-32-37(36-17-9-8-10-18-36)31-51-55(52)62(54)53-24-16-15-23-47(53)58(51,5)6/h8-11,13-19,21-35H,12,20,60H2,1-7H3. The number of rotatable bonds is 4. The lowest BCUT2D eigenvalue weighted by Crippen LogP contribution is -2.43. The van der Waals surface area contributed by atoms with Gasteiger partial charge in [-0.05, 0) is 147 Å². The van der Waals surface area contributed by atoms with Crippen molar-refractivity contribution in [3.05, 3.63) is 208 Å². The van der Waals surface area contributed by atoms with Crippen molar-refractivity contribution in [1.29, 1.82) is 0 Å². The van der Waals surface area contributed by atoms with Crippen molar-refractivity contribution in [2.24, 2.45) is 5.73 Å². The molecule has 3 aliphatic carbocycles. The predicted molar refractivity (Wildman–Crippen MR) is 260 cm³/mol. The summed E-state index contributed by atoms with van der Waals surface area (Å²) in [7, 11) is 0. The van der Waals surface area contributed by atoms with E-state index in [0.29, 0.717) is 0 Å². The van der Waals surface area contributed by atoms with E-state index in [1.807, 2.05) is 0 Å². The van der Waals surface area contributed by atoms with Crippen LogP contribution in [0.25, 0.3) is 27.8 Å². The summed E-state index contributed by atoms with van der Waals surface area (Å²) in [6.45, 7) is 16.5. The minimum Gasteiger partial charge on any atom is -0.318 e. The van der Waals surface area contributed by atoms with Gasteiger partial charge in [-0.2, -0.15) is 0 Å². The number of nitrogens with zero attached hydrogens (tertiary/aromatic N) is 2. The van der Waals surface area contributed by atoms with Gasteiger partial charge in [0.25, 0.3) is 0 Å². The van der Waals surface area contributed by atoms with E-state index in [1.165, 1.54) is 78.2 Å². The lowest BCUT2D eigenvalue weighted by atomic mass is 9.68. The highest BCUT2D eigenvalue weighted by Gasteiger charge is 2.47. The van der Waals surface area contributed by atoms with Crippen LogP contribution >= 0.6 is 0 Å². The van der Waals surface area contributed by atoms with Crippen LogP contribution in [0.5, 0.6) is 0 Å². The van der Waals surface area contributed by atoms with E-state index in [2.05, 4.69) is 216 Å². The minimum absolute atomic E-state index is 0.0934. The Bertz CT molecular complexity index is 3140. The molecule has 0 spiro atoms. The first-order valence-electron chi connectivity index (χ1n) is 22.4. The van der Waals surface area contributed by atoms with E-state index in [9.17, 15) is 0 Å². The molecular formula is C59H53N3. The topological polar surface area (TPSA) is 32.5 Å². The maximum Gasteiger partial charge on any atom is 0.0679 e. The van der Waals surface area contributed by atoms with Crippen LogP contribution in [0, 0.1) is 0 Å². The number of anilines is 6. The van der Waals surface area contributed by atoms with Gasteiger partial charge < -0.3 is 15.5 Å². The minimum atomic E-state index is -0.804. The number of nitrogens with two attached hydrogens (primary N) is 1. The molecule has 7 aromatic carbocycles. The summed E-state index contributed by atoms with van der Waals surface area (Å²) >= 11 is 0. The van der Waals surface area contributed by atoms with Gasteiger partial charge >= 0.3 is 0 Å². The molecule has 0 bridgehead atoms. The first-order valence-corrected chi connectivity index (χ1v) is 22.4. The summed E-state index contributed by atoms with van der Waals surface area (Å²) in [5.74, 6) is 0. The van der Waals surface area contributed by atoms with E-state index in [1.54, 1.807) is 0 Å². The second-order valence-electron chi connectivity index (χ2n) is 20.1. The molecular weight excluding hydrogens is 751 g/mol. The Morgan fingerprint density at radius 3 is 1.79 bits per heavy atom. The molecule has 5 aliphatic rings. The molecule has 62 heavy (non-hydrogen) atoms. The third kappa shape index (κ3) is 4.92. The first kappa shape index (κ1) is 37.4. The van der Waals surface area contributed by atoms with Crippen LogP contribution in [0.4, 0.5) is 34.1 Å². The molecule has 1 unspecified atom stereocenters. The van der Waals surface area contributed by atoms with Crippen molar-refractivity contribution in [1.82, 2.24) is 0 Å². The second kappa shape index (κ2) is 12.6. The average molecular weight is 804 g/mol. The second-order valence-corrected chi connectivity index (χ2v) is 20.1. The molecule has 3 heteroatoms. The molecule has 2 N–H and O–H groups in total. The summed E-state index contributed by atoms with van der Waals surface area (Å²) in [5, 5.41) is 0. The normalized spacial score (nSPS) is 19.8. The Morgan fingerprint density at radius 1 is 0.468 bits per heavy atom. The summed E-state index contributed by atoms with van der Waals surface area (Å²) < 4.78 is 0. The molecule has 7 aromatic rings. The Morgan fingerprint density at radius 2 is 1.03 bits per heavy atom. The molecule has 1 atom stereocenters. The molecule has 0 fully saturated rings. The number of para-hydroxylation sites is 1.